The van der Waals surface area contributed by atoms with Crippen molar-refractivity contribution in [1.29, 1.82) is 0 Å². The molecule has 1 heterocycles. The maximum atomic E-state index is 12.7. The van der Waals surface area contributed by atoms with Gasteiger partial charge in [0, 0.05) is 31.9 Å². The van der Waals surface area contributed by atoms with Crippen molar-refractivity contribution in [1.82, 2.24) is 4.90 Å². The van der Waals surface area contributed by atoms with Crippen LogP contribution in [0.5, 0.6) is 0 Å². The van der Waals surface area contributed by atoms with E-state index < -0.39 is 23.9 Å². The lowest BCUT2D eigenvalue weighted by Crippen LogP contribution is -2.49. The molecule has 1 atom stereocenters. The van der Waals surface area contributed by atoms with Crippen LogP contribution in [0.15, 0.2) is 54.6 Å². The smallest absolute Gasteiger partial charge is 0.416 e. The highest BCUT2D eigenvalue weighted by Crippen LogP contribution is 2.31. The molecule has 1 aliphatic heterocycles. The predicted octanol–water partition coefficient (Wildman–Crippen LogP) is 3.58. The Hall–Kier alpha value is -3.23. The summed E-state index contributed by atoms with van der Waals surface area (Å²) < 4.78 is 43.2. The second-order valence-electron chi connectivity index (χ2n) is 6.95. The number of rotatable bonds is 5. The number of hydrogen-bond acceptors (Lipinski definition) is 4. The summed E-state index contributed by atoms with van der Waals surface area (Å²) in [7, 11) is 0. The molecule has 2 N–H and O–H groups in total. The van der Waals surface area contributed by atoms with Crippen LogP contribution < -0.4 is 10.6 Å². The van der Waals surface area contributed by atoms with E-state index in [1.165, 1.54) is 12.1 Å². The quantitative estimate of drug-likeness (QED) is 0.801. The largest absolute Gasteiger partial charge is 0.441 e. The Kier molecular flexibility index (Phi) is 6.49. The molecular weight excluding hydrogens is 399 g/mol. The first-order valence-corrected chi connectivity index (χ1v) is 9.45. The summed E-state index contributed by atoms with van der Waals surface area (Å²) in [5.41, 5.74) is 5.80. The van der Waals surface area contributed by atoms with Gasteiger partial charge in [0.1, 0.15) is 6.10 Å². The lowest BCUT2D eigenvalue weighted by Gasteiger charge is -2.36. The van der Waals surface area contributed by atoms with Crippen molar-refractivity contribution >= 4 is 17.7 Å². The summed E-state index contributed by atoms with van der Waals surface area (Å²) in [6.45, 7) is 1.81. The summed E-state index contributed by atoms with van der Waals surface area (Å²) in [6, 6.07) is 13.9. The number of piperazine rings is 1. The van der Waals surface area contributed by atoms with E-state index in [9.17, 15) is 22.8 Å². The Labute approximate surface area is 172 Å². The first-order chi connectivity index (χ1) is 14.2. The fraction of sp³-hybridized carbons (Fsp3) is 0.333. The zero-order valence-corrected chi connectivity index (χ0v) is 16.1. The molecule has 1 unspecified atom stereocenters. The molecule has 1 saturated heterocycles. The van der Waals surface area contributed by atoms with Crippen LogP contribution in [0.1, 0.15) is 23.7 Å². The highest BCUT2D eigenvalue weighted by atomic mass is 19.4. The maximum Gasteiger partial charge on any atom is 0.416 e. The van der Waals surface area contributed by atoms with Gasteiger partial charge in [-0.25, -0.2) is 4.79 Å². The lowest BCUT2D eigenvalue weighted by molar-refractivity contribution is -0.137. The zero-order chi connectivity index (χ0) is 21.7. The SMILES string of the molecule is NC(=O)OC(CC(=O)N1CCN(c2ccc(C(F)(F)F)cc2)CC1)c1ccccc1. The van der Waals surface area contributed by atoms with Crippen LogP contribution in [0, 0.1) is 0 Å². The van der Waals surface area contributed by atoms with Crippen LogP contribution in [-0.2, 0) is 15.7 Å². The fourth-order valence-corrected chi connectivity index (χ4v) is 3.40. The van der Waals surface area contributed by atoms with Gasteiger partial charge in [-0.3, -0.25) is 4.79 Å². The van der Waals surface area contributed by atoms with E-state index in [1.807, 2.05) is 11.0 Å². The van der Waals surface area contributed by atoms with Gasteiger partial charge in [-0.05, 0) is 29.8 Å². The van der Waals surface area contributed by atoms with Crippen molar-refractivity contribution in [2.24, 2.45) is 5.73 Å². The van der Waals surface area contributed by atoms with E-state index in [-0.39, 0.29) is 12.3 Å². The van der Waals surface area contributed by atoms with Gasteiger partial charge in [-0.2, -0.15) is 13.2 Å². The average Bonchev–Trinajstić information content (AvgIpc) is 2.73. The summed E-state index contributed by atoms with van der Waals surface area (Å²) in [5.74, 6) is -0.183. The molecule has 0 spiro atoms. The van der Waals surface area contributed by atoms with Gasteiger partial charge in [-0.1, -0.05) is 30.3 Å². The molecule has 3 rings (SSSR count). The van der Waals surface area contributed by atoms with Crippen LogP contribution in [0.25, 0.3) is 0 Å². The number of anilines is 1. The molecule has 0 saturated carbocycles. The number of carbonyl (C=O) groups excluding carboxylic acids is 2. The highest BCUT2D eigenvalue weighted by molar-refractivity contribution is 5.78. The van der Waals surface area contributed by atoms with Crippen molar-refractivity contribution in [3.63, 3.8) is 0 Å². The van der Waals surface area contributed by atoms with E-state index in [4.69, 9.17) is 10.5 Å². The minimum Gasteiger partial charge on any atom is -0.441 e. The Morgan fingerprint density at radius 1 is 0.967 bits per heavy atom. The summed E-state index contributed by atoms with van der Waals surface area (Å²) >= 11 is 0. The van der Waals surface area contributed by atoms with Crippen LogP contribution in [0.2, 0.25) is 0 Å². The number of nitrogens with two attached hydrogens (primary N) is 1. The fourth-order valence-electron chi connectivity index (χ4n) is 3.40. The molecule has 2 aromatic carbocycles. The number of halogens is 3. The maximum absolute atomic E-state index is 12.7. The Morgan fingerprint density at radius 3 is 2.10 bits per heavy atom. The molecule has 0 bridgehead atoms. The van der Waals surface area contributed by atoms with Crippen molar-refractivity contribution < 1.29 is 27.5 Å². The number of benzene rings is 2. The molecule has 1 aliphatic rings. The van der Waals surface area contributed by atoms with Crippen molar-refractivity contribution in [3.8, 4) is 0 Å². The molecular formula is C21H22F3N3O3. The standard InChI is InChI=1S/C21H22F3N3O3/c22-21(23,24)16-6-8-17(9-7-16)26-10-12-27(13-11-26)19(28)14-18(30-20(25)29)15-4-2-1-3-5-15/h1-9,18H,10-14H2,(H2,25,29). The number of ether oxygens (including phenoxy) is 1. The van der Waals surface area contributed by atoms with Gasteiger partial charge in [0.2, 0.25) is 5.91 Å². The number of hydrogen-bond donors (Lipinski definition) is 1. The minimum atomic E-state index is -4.37. The molecule has 30 heavy (non-hydrogen) atoms. The van der Waals surface area contributed by atoms with Crippen LogP contribution in [0.3, 0.4) is 0 Å². The van der Waals surface area contributed by atoms with E-state index >= 15 is 0 Å². The number of carbonyl (C=O) groups is 2. The molecule has 0 radical (unpaired) electrons. The third-order valence-corrected chi connectivity index (χ3v) is 4.98. The topological polar surface area (TPSA) is 75.9 Å². The summed E-state index contributed by atoms with van der Waals surface area (Å²) in [4.78, 5) is 27.5. The first kappa shape index (κ1) is 21.5. The van der Waals surface area contributed by atoms with E-state index in [0.29, 0.717) is 37.4 Å². The zero-order valence-electron chi connectivity index (χ0n) is 16.1. The number of amides is 2. The molecule has 2 aromatic rings. The second-order valence-corrected chi connectivity index (χ2v) is 6.95. The molecule has 1 fully saturated rings. The van der Waals surface area contributed by atoms with Gasteiger partial charge < -0.3 is 20.3 Å². The third-order valence-electron chi connectivity index (χ3n) is 4.98. The predicted molar refractivity (Wildman–Crippen MR) is 105 cm³/mol. The van der Waals surface area contributed by atoms with Crippen molar-refractivity contribution in [2.75, 3.05) is 31.1 Å². The molecule has 0 aliphatic carbocycles. The highest BCUT2D eigenvalue weighted by Gasteiger charge is 2.31. The molecule has 6 nitrogen and oxygen atoms in total. The Morgan fingerprint density at radius 2 is 1.57 bits per heavy atom. The minimum absolute atomic E-state index is 0.0345. The van der Waals surface area contributed by atoms with Gasteiger partial charge in [-0.15, -0.1) is 0 Å². The van der Waals surface area contributed by atoms with Gasteiger partial charge in [0.25, 0.3) is 0 Å². The van der Waals surface area contributed by atoms with Crippen molar-refractivity contribution in [2.45, 2.75) is 18.7 Å². The summed E-state index contributed by atoms with van der Waals surface area (Å²) in [6.07, 6.45) is -6.13. The molecule has 160 valence electrons. The normalized spacial score (nSPS) is 15.6. The van der Waals surface area contributed by atoms with Gasteiger partial charge in [0.15, 0.2) is 0 Å². The van der Waals surface area contributed by atoms with Crippen LogP contribution >= 0.6 is 0 Å². The number of primary amides is 1. The Bertz CT molecular complexity index is 865. The van der Waals surface area contributed by atoms with Crippen LogP contribution in [-0.4, -0.2) is 43.1 Å². The molecule has 9 heteroatoms. The monoisotopic (exact) mass is 421 g/mol. The Balaban J connectivity index is 1.58. The van der Waals surface area contributed by atoms with Gasteiger partial charge in [0.05, 0.1) is 12.0 Å². The van der Waals surface area contributed by atoms with Gasteiger partial charge >= 0.3 is 12.3 Å². The lowest BCUT2D eigenvalue weighted by atomic mass is 10.1. The van der Waals surface area contributed by atoms with Crippen molar-refractivity contribution in [3.05, 3.63) is 65.7 Å². The molecule has 0 aromatic heterocycles. The average molecular weight is 421 g/mol. The third kappa shape index (κ3) is 5.43. The summed E-state index contributed by atoms with van der Waals surface area (Å²) in [5, 5.41) is 0. The molecule has 2 amide bonds. The number of alkyl halides is 3. The van der Waals surface area contributed by atoms with E-state index in [1.54, 1.807) is 29.2 Å². The van der Waals surface area contributed by atoms with E-state index in [0.717, 1.165) is 12.1 Å². The van der Waals surface area contributed by atoms with Crippen LogP contribution in [0.4, 0.5) is 23.7 Å². The first-order valence-electron chi connectivity index (χ1n) is 9.45. The second kappa shape index (κ2) is 9.06. The number of nitrogens with zero attached hydrogens (tertiary/aromatic N) is 2. The van der Waals surface area contributed by atoms with E-state index in [2.05, 4.69) is 0 Å².